The SMILES string of the molecule is Cc1cnc(CNc2ccc(N/C=C3/C(=O)Nc4ccc(F)cc43)cc2C)cn1. The van der Waals surface area contributed by atoms with Crippen LogP contribution in [0.4, 0.5) is 21.5 Å². The highest BCUT2D eigenvalue weighted by Gasteiger charge is 2.24. The molecule has 146 valence electrons. The Balaban J connectivity index is 1.46. The third-order valence-corrected chi connectivity index (χ3v) is 4.67. The van der Waals surface area contributed by atoms with Crippen molar-refractivity contribution in [2.24, 2.45) is 0 Å². The number of carbonyl (C=O) groups is 1. The Hall–Kier alpha value is -3.74. The van der Waals surface area contributed by atoms with Crippen molar-refractivity contribution in [2.75, 3.05) is 16.0 Å². The molecule has 1 aromatic heterocycles. The number of fused-ring (bicyclic) bond motifs is 1. The first-order valence-corrected chi connectivity index (χ1v) is 9.19. The summed E-state index contributed by atoms with van der Waals surface area (Å²) in [6.45, 7) is 4.47. The number of halogens is 1. The third kappa shape index (κ3) is 4.08. The number of carbonyl (C=O) groups excluding carboxylic acids is 1. The molecule has 0 bridgehead atoms. The van der Waals surface area contributed by atoms with E-state index in [-0.39, 0.29) is 11.7 Å². The lowest BCUT2D eigenvalue weighted by Crippen LogP contribution is -2.05. The monoisotopic (exact) mass is 389 g/mol. The molecule has 1 aliphatic rings. The summed E-state index contributed by atoms with van der Waals surface area (Å²) >= 11 is 0. The number of benzene rings is 2. The summed E-state index contributed by atoms with van der Waals surface area (Å²) in [7, 11) is 0. The van der Waals surface area contributed by atoms with E-state index in [1.54, 1.807) is 24.7 Å². The highest BCUT2D eigenvalue weighted by Crippen LogP contribution is 2.32. The third-order valence-electron chi connectivity index (χ3n) is 4.67. The fraction of sp³-hybridized carbons (Fsp3) is 0.136. The van der Waals surface area contributed by atoms with E-state index in [1.165, 1.54) is 12.1 Å². The van der Waals surface area contributed by atoms with Crippen LogP contribution in [-0.4, -0.2) is 15.9 Å². The summed E-state index contributed by atoms with van der Waals surface area (Å²) in [6, 6.07) is 10.1. The summed E-state index contributed by atoms with van der Waals surface area (Å²) in [6.07, 6.45) is 5.10. The zero-order chi connectivity index (χ0) is 20.4. The maximum atomic E-state index is 13.5. The predicted octanol–water partition coefficient (Wildman–Crippen LogP) is 4.25. The van der Waals surface area contributed by atoms with E-state index in [0.717, 1.165) is 28.3 Å². The van der Waals surface area contributed by atoms with Gasteiger partial charge in [0.15, 0.2) is 0 Å². The Labute approximate surface area is 167 Å². The van der Waals surface area contributed by atoms with E-state index in [0.29, 0.717) is 23.4 Å². The number of aryl methyl sites for hydroxylation is 2. The molecule has 0 fully saturated rings. The van der Waals surface area contributed by atoms with Crippen LogP contribution in [0, 0.1) is 19.7 Å². The van der Waals surface area contributed by atoms with E-state index in [2.05, 4.69) is 25.9 Å². The van der Waals surface area contributed by atoms with Crippen LogP contribution >= 0.6 is 0 Å². The van der Waals surface area contributed by atoms with Crippen molar-refractivity contribution in [3.63, 3.8) is 0 Å². The molecule has 29 heavy (non-hydrogen) atoms. The Morgan fingerprint density at radius 3 is 2.72 bits per heavy atom. The molecular weight excluding hydrogens is 369 g/mol. The lowest BCUT2D eigenvalue weighted by molar-refractivity contribution is -0.110. The van der Waals surface area contributed by atoms with Gasteiger partial charge in [0, 0.05) is 35.0 Å². The average Bonchev–Trinajstić information content (AvgIpc) is 3.01. The minimum atomic E-state index is -0.379. The molecule has 0 saturated heterocycles. The quantitative estimate of drug-likeness (QED) is 0.569. The second kappa shape index (κ2) is 7.71. The summed E-state index contributed by atoms with van der Waals surface area (Å²) in [4.78, 5) is 20.7. The van der Waals surface area contributed by atoms with Crippen molar-refractivity contribution in [1.29, 1.82) is 0 Å². The molecule has 2 heterocycles. The van der Waals surface area contributed by atoms with Gasteiger partial charge in [-0.15, -0.1) is 0 Å². The molecule has 3 N–H and O–H groups in total. The van der Waals surface area contributed by atoms with Crippen molar-refractivity contribution < 1.29 is 9.18 Å². The summed E-state index contributed by atoms with van der Waals surface area (Å²) in [5.41, 5.74) is 6.16. The highest BCUT2D eigenvalue weighted by molar-refractivity contribution is 6.31. The van der Waals surface area contributed by atoms with Gasteiger partial charge in [-0.3, -0.25) is 14.8 Å². The number of aromatic nitrogens is 2. The Bertz CT molecular complexity index is 1110. The van der Waals surface area contributed by atoms with Gasteiger partial charge in [0.2, 0.25) is 0 Å². The van der Waals surface area contributed by atoms with Crippen LogP contribution in [0.2, 0.25) is 0 Å². The fourth-order valence-corrected chi connectivity index (χ4v) is 3.11. The lowest BCUT2D eigenvalue weighted by atomic mass is 10.1. The molecule has 3 aromatic rings. The standard InChI is InChI=1S/C22H20FN5O/c1-13-7-16(4-6-20(13)27-11-17-10-24-14(2)9-25-17)26-12-19-18-8-15(23)3-5-21(18)28-22(19)29/h3-10,12,26-27H,11H2,1-2H3,(H,28,29)/b19-12+. The summed E-state index contributed by atoms with van der Waals surface area (Å²) in [5, 5.41) is 9.21. The number of nitrogens with one attached hydrogen (secondary N) is 3. The molecule has 2 aromatic carbocycles. The largest absolute Gasteiger partial charge is 0.379 e. The molecule has 7 heteroatoms. The smallest absolute Gasteiger partial charge is 0.257 e. The molecule has 0 aliphatic carbocycles. The predicted molar refractivity (Wildman–Crippen MR) is 112 cm³/mol. The molecule has 0 radical (unpaired) electrons. The van der Waals surface area contributed by atoms with Crippen LogP contribution in [0.25, 0.3) is 5.57 Å². The number of nitrogens with zero attached hydrogens (tertiary/aromatic N) is 2. The van der Waals surface area contributed by atoms with Crippen molar-refractivity contribution >= 4 is 28.5 Å². The summed E-state index contributed by atoms with van der Waals surface area (Å²) in [5.74, 6) is -0.636. The number of anilines is 3. The van der Waals surface area contributed by atoms with Crippen molar-refractivity contribution in [2.45, 2.75) is 20.4 Å². The van der Waals surface area contributed by atoms with Crippen molar-refractivity contribution in [3.05, 3.63) is 83.3 Å². The topological polar surface area (TPSA) is 78.9 Å². The van der Waals surface area contributed by atoms with Gasteiger partial charge in [-0.1, -0.05) is 0 Å². The van der Waals surface area contributed by atoms with Gasteiger partial charge >= 0.3 is 0 Å². The van der Waals surface area contributed by atoms with Gasteiger partial charge in [0.25, 0.3) is 5.91 Å². The van der Waals surface area contributed by atoms with Gasteiger partial charge in [0.05, 0.1) is 29.7 Å². The molecule has 6 nitrogen and oxygen atoms in total. The van der Waals surface area contributed by atoms with Crippen LogP contribution in [-0.2, 0) is 11.3 Å². The normalized spacial score (nSPS) is 13.9. The van der Waals surface area contributed by atoms with Gasteiger partial charge < -0.3 is 16.0 Å². The molecular formula is C22H20FN5O. The first kappa shape index (κ1) is 18.6. The second-order valence-corrected chi connectivity index (χ2v) is 6.88. The number of rotatable bonds is 5. The first-order valence-electron chi connectivity index (χ1n) is 9.19. The molecule has 0 unspecified atom stereocenters. The number of amides is 1. The minimum absolute atomic E-state index is 0.257. The Kier molecular flexibility index (Phi) is 4.95. The molecule has 1 amide bonds. The van der Waals surface area contributed by atoms with Gasteiger partial charge in [0.1, 0.15) is 5.82 Å². The van der Waals surface area contributed by atoms with E-state index in [9.17, 15) is 9.18 Å². The van der Waals surface area contributed by atoms with E-state index in [1.807, 2.05) is 32.0 Å². The van der Waals surface area contributed by atoms with Crippen LogP contribution < -0.4 is 16.0 Å². The van der Waals surface area contributed by atoms with Crippen LogP contribution in [0.3, 0.4) is 0 Å². The van der Waals surface area contributed by atoms with E-state index in [4.69, 9.17) is 0 Å². The molecule has 1 aliphatic heterocycles. The van der Waals surface area contributed by atoms with Crippen molar-refractivity contribution in [3.8, 4) is 0 Å². The average molecular weight is 389 g/mol. The summed E-state index contributed by atoms with van der Waals surface area (Å²) < 4.78 is 13.5. The van der Waals surface area contributed by atoms with Crippen LogP contribution in [0.15, 0.2) is 55.0 Å². The number of hydrogen-bond acceptors (Lipinski definition) is 5. The van der Waals surface area contributed by atoms with E-state index < -0.39 is 0 Å². The fourth-order valence-electron chi connectivity index (χ4n) is 3.11. The highest BCUT2D eigenvalue weighted by atomic mass is 19.1. The zero-order valence-corrected chi connectivity index (χ0v) is 16.1. The van der Waals surface area contributed by atoms with Gasteiger partial charge in [-0.25, -0.2) is 4.39 Å². The lowest BCUT2D eigenvalue weighted by Gasteiger charge is -2.11. The zero-order valence-electron chi connectivity index (χ0n) is 16.1. The second-order valence-electron chi connectivity index (χ2n) is 6.88. The van der Waals surface area contributed by atoms with Crippen LogP contribution in [0.1, 0.15) is 22.5 Å². The first-order chi connectivity index (χ1) is 14.0. The minimum Gasteiger partial charge on any atom is -0.379 e. The maximum Gasteiger partial charge on any atom is 0.257 e. The van der Waals surface area contributed by atoms with Crippen molar-refractivity contribution in [1.82, 2.24) is 9.97 Å². The van der Waals surface area contributed by atoms with Gasteiger partial charge in [-0.05, 0) is 55.8 Å². The molecule has 4 rings (SSSR count). The van der Waals surface area contributed by atoms with E-state index >= 15 is 0 Å². The Morgan fingerprint density at radius 2 is 1.97 bits per heavy atom. The van der Waals surface area contributed by atoms with Crippen LogP contribution in [0.5, 0.6) is 0 Å². The van der Waals surface area contributed by atoms with Gasteiger partial charge in [-0.2, -0.15) is 0 Å². The maximum absolute atomic E-state index is 13.5. The Morgan fingerprint density at radius 1 is 1.10 bits per heavy atom. The molecule has 0 spiro atoms. The molecule has 0 saturated carbocycles. The molecule has 0 atom stereocenters. The number of hydrogen-bond donors (Lipinski definition) is 3.